The highest BCUT2D eigenvalue weighted by molar-refractivity contribution is 6.05. The smallest absolute Gasteiger partial charge is 0.338 e. The maximum absolute atomic E-state index is 11.7. The van der Waals surface area contributed by atoms with Gasteiger partial charge in [-0.2, -0.15) is 0 Å². The normalized spacial score (nSPS) is 14.0. The van der Waals surface area contributed by atoms with Gasteiger partial charge in [0.05, 0.1) is 12.7 Å². The van der Waals surface area contributed by atoms with Crippen LogP contribution in [0.15, 0.2) is 12.1 Å². The molecule has 0 aromatic heterocycles. The van der Waals surface area contributed by atoms with Gasteiger partial charge in [0.25, 0.3) is 0 Å². The number of carbonyl (C=O) groups excluding carboxylic acids is 2. The number of ketones is 1. The number of Topliss-reactive ketones (excluding diaryl/α,β-unsaturated/α-hetero) is 1. The Balaban J connectivity index is 2.55. The van der Waals surface area contributed by atoms with Gasteiger partial charge in [0.15, 0.2) is 5.78 Å². The molecule has 0 unspecified atom stereocenters. The summed E-state index contributed by atoms with van der Waals surface area (Å²) >= 11 is 0. The highest BCUT2D eigenvalue weighted by atomic mass is 16.5. The minimum atomic E-state index is -0.427. The number of fused-ring (bicyclic) bond motifs is 1. The van der Waals surface area contributed by atoms with Gasteiger partial charge >= 0.3 is 5.97 Å². The molecular formula is C14H16O3. The monoisotopic (exact) mass is 232 g/mol. The number of ether oxygens (including phenoxy) is 1. The fourth-order valence-electron chi connectivity index (χ4n) is 2.36. The second-order valence-corrected chi connectivity index (χ2v) is 4.42. The van der Waals surface area contributed by atoms with Gasteiger partial charge in [0.1, 0.15) is 0 Å². The number of benzene rings is 1. The molecule has 0 saturated carbocycles. The van der Waals surface area contributed by atoms with Crippen LogP contribution in [0.4, 0.5) is 0 Å². The molecule has 1 aliphatic carbocycles. The fraction of sp³-hybridized carbons (Fsp3) is 0.429. The first kappa shape index (κ1) is 11.8. The number of rotatable bonds is 2. The Morgan fingerprint density at radius 3 is 2.06 bits per heavy atom. The minimum Gasteiger partial charge on any atom is -0.465 e. The molecule has 0 spiro atoms. The van der Waals surface area contributed by atoms with Gasteiger partial charge in [-0.25, -0.2) is 4.79 Å². The molecule has 3 nitrogen and oxygen atoms in total. The molecule has 1 aliphatic rings. The molecule has 1 aromatic rings. The van der Waals surface area contributed by atoms with Crippen molar-refractivity contribution in [2.24, 2.45) is 0 Å². The van der Waals surface area contributed by atoms with Gasteiger partial charge in [-0.05, 0) is 55.9 Å². The van der Waals surface area contributed by atoms with Gasteiger partial charge in [-0.15, -0.1) is 0 Å². The third kappa shape index (κ3) is 2.23. The number of esters is 1. The van der Waals surface area contributed by atoms with Crippen LogP contribution in [0.3, 0.4) is 0 Å². The molecule has 2 rings (SSSR count). The number of methoxy groups -OCH3 is 1. The molecule has 0 fully saturated rings. The van der Waals surface area contributed by atoms with E-state index in [1.807, 2.05) is 12.1 Å². The molecule has 0 atom stereocenters. The number of aryl methyl sites for hydroxylation is 2. The van der Waals surface area contributed by atoms with Crippen LogP contribution in [0, 0.1) is 0 Å². The lowest BCUT2D eigenvalue weighted by Crippen LogP contribution is -2.13. The van der Waals surface area contributed by atoms with Crippen molar-refractivity contribution >= 4 is 11.8 Å². The maximum Gasteiger partial charge on any atom is 0.338 e. The second-order valence-electron chi connectivity index (χ2n) is 4.42. The van der Waals surface area contributed by atoms with Crippen molar-refractivity contribution in [1.29, 1.82) is 0 Å². The number of carbonyl (C=O) groups is 2. The lowest BCUT2D eigenvalue weighted by molar-refractivity contribution is 0.0597. The van der Waals surface area contributed by atoms with Crippen LogP contribution >= 0.6 is 0 Å². The van der Waals surface area contributed by atoms with Crippen molar-refractivity contribution < 1.29 is 14.3 Å². The van der Waals surface area contributed by atoms with E-state index in [0.29, 0.717) is 11.1 Å². The van der Waals surface area contributed by atoms with E-state index in [9.17, 15) is 9.59 Å². The van der Waals surface area contributed by atoms with Gasteiger partial charge in [0.2, 0.25) is 0 Å². The molecule has 90 valence electrons. The standard InChI is InChI=1S/C14H16O3/c1-9(15)12-7-10-5-3-4-6-11(10)8-13(12)14(16)17-2/h7-8H,3-6H2,1-2H3. The Kier molecular flexibility index (Phi) is 3.27. The minimum absolute atomic E-state index is 0.0845. The Morgan fingerprint density at radius 1 is 1.06 bits per heavy atom. The molecular weight excluding hydrogens is 216 g/mol. The molecule has 1 aromatic carbocycles. The summed E-state index contributed by atoms with van der Waals surface area (Å²) in [4.78, 5) is 23.2. The zero-order valence-electron chi connectivity index (χ0n) is 10.2. The Morgan fingerprint density at radius 2 is 1.59 bits per heavy atom. The van der Waals surface area contributed by atoms with E-state index in [1.165, 1.54) is 25.2 Å². The highest BCUT2D eigenvalue weighted by Crippen LogP contribution is 2.25. The first-order valence-electron chi connectivity index (χ1n) is 5.88. The van der Waals surface area contributed by atoms with Crippen LogP contribution < -0.4 is 0 Å². The highest BCUT2D eigenvalue weighted by Gasteiger charge is 2.20. The van der Waals surface area contributed by atoms with E-state index >= 15 is 0 Å². The Hall–Kier alpha value is -1.64. The summed E-state index contributed by atoms with van der Waals surface area (Å²) in [5.74, 6) is -0.512. The maximum atomic E-state index is 11.7. The SMILES string of the molecule is COC(=O)c1cc2c(cc1C(C)=O)CCCC2. The topological polar surface area (TPSA) is 43.4 Å². The van der Waals surface area contributed by atoms with Crippen LogP contribution in [-0.2, 0) is 17.6 Å². The summed E-state index contributed by atoms with van der Waals surface area (Å²) in [5.41, 5.74) is 3.27. The fourth-order valence-corrected chi connectivity index (χ4v) is 2.36. The summed E-state index contributed by atoms with van der Waals surface area (Å²) in [6, 6.07) is 3.69. The Labute approximate surface area is 101 Å². The predicted molar refractivity (Wildman–Crippen MR) is 64.4 cm³/mol. The summed E-state index contributed by atoms with van der Waals surface area (Å²) in [6.45, 7) is 1.48. The van der Waals surface area contributed by atoms with Crippen LogP contribution in [-0.4, -0.2) is 18.9 Å². The van der Waals surface area contributed by atoms with E-state index in [1.54, 1.807) is 0 Å². The van der Waals surface area contributed by atoms with E-state index in [4.69, 9.17) is 4.74 Å². The van der Waals surface area contributed by atoms with Crippen molar-refractivity contribution in [3.8, 4) is 0 Å². The molecule has 0 bridgehead atoms. The summed E-state index contributed by atoms with van der Waals surface area (Å²) in [5, 5.41) is 0. The van der Waals surface area contributed by atoms with E-state index in [2.05, 4.69) is 0 Å². The molecule has 0 aliphatic heterocycles. The number of hydrogen-bond donors (Lipinski definition) is 0. The van der Waals surface area contributed by atoms with Crippen LogP contribution in [0.25, 0.3) is 0 Å². The third-order valence-electron chi connectivity index (χ3n) is 3.27. The molecule has 3 heteroatoms. The van der Waals surface area contributed by atoms with E-state index < -0.39 is 5.97 Å². The molecule has 0 saturated heterocycles. The zero-order chi connectivity index (χ0) is 12.4. The van der Waals surface area contributed by atoms with E-state index in [0.717, 1.165) is 25.7 Å². The molecule has 0 N–H and O–H groups in total. The summed E-state index contributed by atoms with van der Waals surface area (Å²) < 4.78 is 4.73. The number of hydrogen-bond acceptors (Lipinski definition) is 3. The first-order valence-corrected chi connectivity index (χ1v) is 5.88. The van der Waals surface area contributed by atoms with Gasteiger partial charge in [-0.1, -0.05) is 0 Å². The largest absolute Gasteiger partial charge is 0.465 e. The van der Waals surface area contributed by atoms with Crippen molar-refractivity contribution in [3.05, 3.63) is 34.4 Å². The molecule has 0 heterocycles. The van der Waals surface area contributed by atoms with Crippen LogP contribution in [0.2, 0.25) is 0 Å². The quantitative estimate of drug-likeness (QED) is 0.581. The van der Waals surface area contributed by atoms with Gasteiger partial charge in [0, 0.05) is 5.56 Å². The Bertz CT molecular complexity index is 475. The average Bonchev–Trinajstić information content (AvgIpc) is 2.36. The van der Waals surface area contributed by atoms with E-state index in [-0.39, 0.29) is 5.78 Å². The zero-order valence-corrected chi connectivity index (χ0v) is 10.2. The lowest BCUT2D eigenvalue weighted by atomic mass is 9.87. The summed E-state index contributed by atoms with van der Waals surface area (Å²) in [7, 11) is 1.34. The van der Waals surface area contributed by atoms with Crippen molar-refractivity contribution in [2.45, 2.75) is 32.6 Å². The van der Waals surface area contributed by atoms with Crippen molar-refractivity contribution in [1.82, 2.24) is 0 Å². The second kappa shape index (κ2) is 4.70. The van der Waals surface area contributed by atoms with Crippen LogP contribution in [0.1, 0.15) is 51.6 Å². The average molecular weight is 232 g/mol. The van der Waals surface area contributed by atoms with Gasteiger partial charge < -0.3 is 4.74 Å². The van der Waals surface area contributed by atoms with Crippen molar-refractivity contribution in [2.75, 3.05) is 7.11 Å². The molecule has 0 radical (unpaired) electrons. The third-order valence-corrected chi connectivity index (χ3v) is 3.27. The van der Waals surface area contributed by atoms with Crippen LogP contribution in [0.5, 0.6) is 0 Å². The molecule has 0 amide bonds. The summed E-state index contributed by atoms with van der Waals surface area (Å²) in [6.07, 6.45) is 4.28. The van der Waals surface area contributed by atoms with Crippen molar-refractivity contribution in [3.63, 3.8) is 0 Å². The first-order chi connectivity index (χ1) is 8.13. The van der Waals surface area contributed by atoms with Gasteiger partial charge in [-0.3, -0.25) is 4.79 Å². The predicted octanol–water partition coefficient (Wildman–Crippen LogP) is 2.55. The lowest BCUT2D eigenvalue weighted by Gasteiger charge is -2.18. The molecule has 17 heavy (non-hydrogen) atoms.